The van der Waals surface area contributed by atoms with E-state index in [0.717, 1.165) is 0 Å². The van der Waals surface area contributed by atoms with Crippen LogP contribution in [0.2, 0.25) is 0 Å². The number of benzene rings is 1. The second kappa shape index (κ2) is 5.49. The molecule has 1 fully saturated rings. The van der Waals surface area contributed by atoms with Crippen LogP contribution < -0.4 is 0 Å². The van der Waals surface area contributed by atoms with Gasteiger partial charge in [-0.3, -0.25) is 5.10 Å². The number of sulfone groups is 1. The number of nitrogens with one attached hydrogen (secondary N) is 1. The molecule has 9 heteroatoms. The van der Waals surface area contributed by atoms with Crippen molar-refractivity contribution >= 4 is 31.7 Å². The Kier molecular flexibility index (Phi) is 3.79. The zero-order chi connectivity index (χ0) is 15.9. The Morgan fingerprint density at radius 1 is 1.36 bits per heavy atom. The van der Waals surface area contributed by atoms with Crippen molar-refractivity contribution in [2.75, 3.05) is 13.2 Å². The SMILES string of the molecule is O=C(O)c1cc(-c2ccc(S(=O)(=O)C3COC3)c(Br)c2)n[nH]1. The van der Waals surface area contributed by atoms with Crippen molar-refractivity contribution in [2.45, 2.75) is 10.1 Å². The first-order valence-corrected chi connectivity index (χ1v) is 8.64. The van der Waals surface area contributed by atoms with E-state index in [1.807, 2.05) is 0 Å². The zero-order valence-corrected chi connectivity index (χ0v) is 13.5. The highest BCUT2D eigenvalue weighted by atomic mass is 79.9. The van der Waals surface area contributed by atoms with E-state index in [9.17, 15) is 13.2 Å². The van der Waals surface area contributed by atoms with Crippen LogP contribution in [0.1, 0.15) is 10.5 Å². The lowest BCUT2D eigenvalue weighted by molar-refractivity contribution is 0.0416. The molecule has 2 aromatic rings. The third-order valence-corrected chi connectivity index (χ3v) is 6.43. The van der Waals surface area contributed by atoms with Crippen LogP contribution in [0, 0.1) is 0 Å². The Balaban J connectivity index is 1.96. The maximum atomic E-state index is 12.4. The standard InChI is InChI=1S/C13H11BrN2O5S/c14-9-3-7(10-4-11(13(17)18)16-15-10)1-2-12(9)22(19,20)8-5-21-6-8/h1-4,8H,5-6H2,(H,15,16)(H,17,18). The van der Waals surface area contributed by atoms with Crippen molar-refractivity contribution < 1.29 is 23.1 Å². The second-order valence-electron chi connectivity index (χ2n) is 4.82. The van der Waals surface area contributed by atoms with Gasteiger partial charge in [-0.25, -0.2) is 13.2 Å². The van der Waals surface area contributed by atoms with Crippen LogP contribution in [0.3, 0.4) is 0 Å². The van der Waals surface area contributed by atoms with Crippen molar-refractivity contribution in [1.82, 2.24) is 10.2 Å². The van der Waals surface area contributed by atoms with Crippen LogP contribution >= 0.6 is 15.9 Å². The highest BCUT2D eigenvalue weighted by molar-refractivity contribution is 9.10. The van der Waals surface area contributed by atoms with Gasteiger partial charge in [0.05, 0.1) is 23.8 Å². The molecule has 0 amide bonds. The molecule has 0 aliphatic carbocycles. The molecule has 0 bridgehead atoms. The molecule has 1 aromatic carbocycles. The van der Waals surface area contributed by atoms with Gasteiger partial charge in [-0.2, -0.15) is 5.10 Å². The molecule has 0 radical (unpaired) electrons. The predicted octanol–water partition coefficient (Wildman–Crippen LogP) is 1.71. The third-order valence-electron chi connectivity index (χ3n) is 3.39. The lowest BCUT2D eigenvalue weighted by Crippen LogP contribution is -2.40. The monoisotopic (exact) mass is 386 g/mol. The summed E-state index contributed by atoms with van der Waals surface area (Å²) >= 11 is 3.26. The zero-order valence-electron chi connectivity index (χ0n) is 11.1. The van der Waals surface area contributed by atoms with Gasteiger partial charge in [-0.05, 0) is 34.1 Å². The number of carbonyl (C=O) groups is 1. The van der Waals surface area contributed by atoms with E-state index in [2.05, 4.69) is 26.1 Å². The Morgan fingerprint density at radius 3 is 2.59 bits per heavy atom. The molecule has 1 aliphatic heterocycles. The quantitative estimate of drug-likeness (QED) is 0.827. The van der Waals surface area contributed by atoms with Crippen LogP contribution in [-0.2, 0) is 14.6 Å². The maximum absolute atomic E-state index is 12.4. The fraction of sp³-hybridized carbons (Fsp3) is 0.231. The Hall–Kier alpha value is -1.71. The lowest BCUT2D eigenvalue weighted by atomic mass is 10.1. The normalized spacial score (nSPS) is 15.5. The fourth-order valence-electron chi connectivity index (χ4n) is 2.04. The van der Waals surface area contributed by atoms with Crippen molar-refractivity contribution in [3.8, 4) is 11.3 Å². The predicted molar refractivity (Wildman–Crippen MR) is 80.5 cm³/mol. The smallest absolute Gasteiger partial charge is 0.353 e. The number of ether oxygens (including phenoxy) is 1. The largest absolute Gasteiger partial charge is 0.477 e. The molecule has 2 N–H and O–H groups in total. The number of aromatic carboxylic acids is 1. The summed E-state index contributed by atoms with van der Waals surface area (Å²) in [7, 11) is -3.43. The van der Waals surface area contributed by atoms with Crippen LogP contribution in [-0.4, -0.2) is 48.2 Å². The number of H-pyrrole nitrogens is 1. The number of carboxylic acids is 1. The van der Waals surface area contributed by atoms with E-state index in [4.69, 9.17) is 9.84 Å². The summed E-state index contributed by atoms with van der Waals surface area (Å²) in [6.45, 7) is 0.412. The first kappa shape index (κ1) is 15.2. The number of hydrogen-bond donors (Lipinski definition) is 2. The molecule has 0 spiro atoms. The maximum Gasteiger partial charge on any atom is 0.353 e. The van der Waals surface area contributed by atoms with Gasteiger partial charge in [0.15, 0.2) is 9.84 Å². The van der Waals surface area contributed by atoms with Gasteiger partial charge in [0, 0.05) is 10.0 Å². The summed E-state index contributed by atoms with van der Waals surface area (Å²) in [5.74, 6) is -1.11. The fourth-order valence-corrected chi connectivity index (χ4v) is 4.60. The molecule has 7 nitrogen and oxygen atoms in total. The van der Waals surface area contributed by atoms with Crippen LogP contribution in [0.5, 0.6) is 0 Å². The highest BCUT2D eigenvalue weighted by Gasteiger charge is 2.35. The number of halogens is 1. The Morgan fingerprint density at radius 2 is 2.09 bits per heavy atom. The van der Waals surface area contributed by atoms with Gasteiger partial charge < -0.3 is 9.84 Å². The van der Waals surface area contributed by atoms with Gasteiger partial charge in [0.2, 0.25) is 0 Å². The number of hydrogen-bond acceptors (Lipinski definition) is 5. The third kappa shape index (κ3) is 2.55. The molecule has 0 unspecified atom stereocenters. The van der Waals surface area contributed by atoms with E-state index in [-0.39, 0.29) is 23.8 Å². The molecule has 22 heavy (non-hydrogen) atoms. The minimum Gasteiger partial charge on any atom is -0.477 e. The molecular weight excluding hydrogens is 376 g/mol. The Bertz CT molecular complexity index is 842. The number of nitrogens with zero attached hydrogens (tertiary/aromatic N) is 1. The van der Waals surface area contributed by atoms with Crippen molar-refractivity contribution in [3.63, 3.8) is 0 Å². The molecule has 116 valence electrons. The van der Waals surface area contributed by atoms with Gasteiger partial charge in [0.25, 0.3) is 0 Å². The summed E-state index contributed by atoms with van der Waals surface area (Å²) < 4.78 is 30.1. The van der Waals surface area contributed by atoms with E-state index >= 15 is 0 Å². The average molecular weight is 387 g/mol. The molecule has 3 rings (SSSR count). The first-order valence-electron chi connectivity index (χ1n) is 6.30. The Labute approximate surface area is 134 Å². The second-order valence-corrected chi connectivity index (χ2v) is 7.87. The number of rotatable bonds is 4. The highest BCUT2D eigenvalue weighted by Crippen LogP contribution is 2.31. The molecule has 1 aromatic heterocycles. The minimum absolute atomic E-state index is 0.0329. The van der Waals surface area contributed by atoms with Crippen molar-refractivity contribution in [1.29, 1.82) is 0 Å². The van der Waals surface area contributed by atoms with Crippen molar-refractivity contribution in [2.24, 2.45) is 0 Å². The van der Waals surface area contributed by atoms with Gasteiger partial charge in [-0.15, -0.1) is 0 Å². The van der Waals surface area contributed by atoms with E-state index in [0.29, 0.717) is 15.7 Å². The van der Waals surface area contributed by atoms with Crippen molar-refractivity contribution in [3.05, 3.63) is 34.4 Å². The van der Waals surface area contributed by atoms with E-state index in [1.165, 1.54) is 12.1 Å². The van der Waals surface area contributed by atoms with E-state index < -0.39 is 21.1 Å². The molecule has 1 aliphatic rings. The summed E-state index contributed by atoms with van der Waals surface area (Å²) in [4.78, 5) is 11.0. The molecule has 2 heterocycles. The number of aromatic amines is 1. The summed E-state index contributed by atoms with van der Waals surface area (Å²) in [5.41, 5.74) is 1.00. The number of carboxylic acid groups (broad SMARTS) is 1. The van der Waals surface area contributed by atoms with Crippen LogP contribution in [0.15, 0.2) is 33.6 Å². The summed E-state index contributed by atoms with van der Waals surface area (Å²) in [6, 6.07) is 6.08. The summed E-state index contributed by atoms with van der Waals surface area (Å²) in [5, 5.41) is 14.7. The van der Waals surface area contributed by atoms with Crippen LogP contribution in [0.4, 0.5) is 0 Å². The summed E-state index contributed by atoms with van der Waals surface area (Å²) in [6.07, 6.45) is 0. The molecule has 0 atom stereocenters. The van der Waals surface area contributed by atoms with Gasteiger partial charge >= 0.3 is 5.97 Å². The molecular formula is C13H11BrN2O5S. The minimum atomic E-state index is -3.43. The first-order chi connectivity index (χ1) is 10.4. The number of aromatic nitrogens is 2. The topological polar surface area (TPSA) is 109 Å². The van der Waals surface area contributed by atoms with E-state index in [1.54, 1.807) is 12.1 Å². The van der Waals surface area contributed by atoms with Gasteiger partial charge in [-0.1, -0.05) is 6.07 Å². The molecule has 0 saturated carbocycles. The van der Waals surface area contributed by atoms with Gasteiger partial charge in [0.1, 0.15) is 10.9 Å². The molecule has 1 saturated heterocycles. The average Bonchev–Trinajstić information content (AvgIpc) is 2.85. The lowest BCUT2D eigenvalue weighted by Gasteiger charge is -2.26. The van der Waals surface area contributed by atoms with Crippen LogP contribution in [0.25, 0.3) is 11.3 Å².